The van der Waals surface area contributed by atoms with E-state index >= 15 is 0 Å². The minimum Gasteiger partial charge on any atom is -0.507 e. The predicted molar refractivity (Wildman–Crippen MR) is 106 cm³/mol. The summed E-state index contributed by atoms with van der Waals surface area (Å²) in [7, 11) is 0. The Morgan fingerprint density at radius 1 is 0.964 bits per heavy atom. The van der Waals surface area contributed by atoms with Crippen LogP contribution in [0.25, 0.3) is 5.76 Å². The summed E-state index contributed by atoms with van der Waals surface area (Å²) in [4.78, 5) is 12.7. The molecule has 1 N–H and O–H groups in total. The lowest BCUT2D eigenvalue weighted by Gasteiger charge is -2.30. The number of Topliss-reactive ketones (excluding diaryl/α,β-unsaturated/α-hetero) is 1. The van der Waals surface area contributed by atoms with Crippen LogP contribution >= 0.6 is 0 Å². The largest absolute Gasteiger partial charge is 0.507 e. The Morgan fingerprint density at radius 3 is 2.36 bits per heavy atom. The van der Waals surface area contributed by atoms with Gasteiger partial charge in [0, 0.05) is 28.2 Å². The third-order valence-corrected chi connectivity index (χ3v) is 4.97. The van der Waals surface area contributed by atoms with E-state index in [-0.39, 0.29) is 17.1 Å². The van der Waals surface area contributed by atoms with Gasteiger partial charge in [0.15, 0.2) is 5.78 Å². The van der Waals surface area contributed by atoms with Gasteiger partial charge in [-0.25, -0.2) is 4.39 Å². The molecule has 0 spiro atoms. The molecule has 1 atom stereocenters. The van der Waals surface area contributed by atoms with Crippen molar-refractivity contribution < 1.29 is 19.0 Å². The third-order valence-electron chi connectivity index (χ3n) is 4.97. The van der Waals surface area contributed by atoms with Gasteiger partial charge < -0.3 is 9.84 Å². The molecule has 1 heterocycles. The van der Waals surface area contributed by atoms with Crippen molar-refractivity contribution in [1.29, 1.82) is 0 Å². The van der Waals surface area contributed by atoms with E-state index in [9.17, 15) is 14.3 Å². The number of ether oxygens (including phenoxy) is 1. The van der Waals surface area contributed by atoms with E-state index in [1.807, 2.05) is 49.4 Å². The smallest absolute Gasteiger partial charge is 0.160 e. The van der Waals surface area contributed by atoms with Gasteiger partial charge in [-0.2, -0.15) is 0 Å². The molecule has 3 nitrogen and oxygen atoms in total. The zero-order valence-electron chi connectivity index (χ0n) is 15.6. The lowest BCUT2D eigenvalue weighted by atomic mass is 9.79. The highest BCUT2D eigenvalue weighted by Gasteiger charge is 2.34. The van der Waals surface area contributed by atoms with Gasteiger partial charge >= 0.3 is 0 Å². The Kier molecular flexibility index (Phi) is 4.47. The molecule has 0 aliphatic carbocycles. The molecule has 4 heteroatoms. The van der Waals surface area contributed by atoms with Crippen molar-refractivity contribution in [3.05, 3.63) is 100 Å². The van der Waals surface area contributed by atoms with E-state index in [1.165, 1.54) is 31.2 Å². The number of aliphatic hydroxyl groups is 1. The average molecular weight is 374 g/mol. The first-order valence-corrected chi connectivity index (χ1v) is 9.03. The molecule has 0 bridgehead atoms. The summed E-state index contributed by atoms with van der Waals surface area (Å²) in [6, 6.07) is 18.7. The Hall–Kier alpha value is -3.40. The maximum Gasteiger partial charge on any atom is 0.160 e. The van der Waals surface area contributed by atoms with Crippen LogP contribution in [0, 0.1) is 12.7 Å². The number of hydrogen-bond donors (Lipinski definition) is 1. The Bertz CT molecular complexity index is 1100. The molecule has 0 fully saturated rings. The van der Waals surface area contributed by atoms with Crippen LogP contribution in [0.2, 0.25) is 0 Å². The van der Waals surface area contributed by atoms with Gasteiger partial charge in [0.2, 0.25) is 0 Å². The normalized spacial score (nSPS) is 15.8. The second-order valence-corrected chi connectivity index (χ2v) is 6.94. The number of benzene rings is 3. The maximum absolute atomic E-state index is 13.3. The molecule has 0 saturated carbocycles. The summed E-state index contributed by atoms with van der Waals surface area (Å²) < 4.78 is 19.4. The molecule has 0 aromatic heterocycles. The van der Waals surface area contributed by atoms with Crippen LogP contribution in [0.5, 0.6) is 11.5 Å². The third kappa shape index (κ3) is 3.07. The van der Waals surface area contributed by atoms with Gasteiger partial charge in [-0.05, 0) is 50.2 Å². The zero-order valence-corrected chi connectivity index (χ0v) is 15.6. The van der Waals surface area contributed by atoms with Crippen molar-refractivity contribution in [2.45, 2.75) is 19.8 Å². The van der Waals surface area contributed by atoms with Crippen LogP contribution in [0.4, 0.5) is 4.39 Å². The lowest BCUT2D eigenvalue weighted by molar-refractivity contribution is -0.113. The van der Waals surface area contributed by atoms with Gasteiger partial charge in [-0.3, -0.25) is 4.79 Å². The summed E-state index contributed by atoms with van der Waals surface area (Å²) in [6.07, 6.45) is 0. The molecule has 3 aromatic rings. The van der Waals surface area contributed by atoms with Gasteiger partial charge in [0.25, 0.3) is 0 Å². The molecular weight excluding hydrogens is 355 g/mol. The fourth-order valence-electron chi connectivity index (χ4n) is 3.67. The molecule has 0 saturated heterocycles. The van der Waals surface area contributed by atoms with Crippen molar-refractivity contribution in [2.24, 2.45) is 0 Å². The van der Waals surface area contributed by atoms with Crippen LogP contribution in [0.15, 0.2) is 72.3 Å². The minimum absolute atomic E-state index is 0.151. The van der Waals surface area contributed by atoms with Gasteiger partial charge in [-0.15, -0.1) is 0 Å². The van der Waals surface area contributed by atoms with Crippen LogP contribution in [0.1, 0.15) is 35.1 Å². The number of hydrogen-bond acceptors (Lipinski definition) is 3. The Labute approximate surface area is 162 Å². The number of rotatable bonds is 3. The molecule has 140 valence electrons. The molecule has 0 amide bonds. The highest BCUT2D eigenvalue weighted by atomic mass is 19.1. The maximum atomic E-state index is 13.3. The first kappa shape index (κ1) is 18.0. The Balaban J connectivity index is 1.99. The highest BCUT2D eigenvalue weighted by molar-refractivity contribution is 6.02. The number of aliphatic hydroxyl groups excluding tert-OH is 1. The number of ketones is 1. The summed E-state index contributed by atoms with van der Waals surface area (Å²) in [6.45, 7) is 3.40. The Morgan fingerprint density at radius 2 is 1.64 bits per heavy atom. The molecule has 3 aromatic carbocycles. The fourth-order valence-corrected chi connectivity index (χ4v) is 3.67. The summed E-state index contributed by atoms with van der Waals surface area (Å²) in [5, 5.41) is 11.0. The fraction of sp³-hybridized carbons (Fsp3) is 0.125. The monoisotopic (exact) mass is 374 g/mol. The van der Waals surface area contributed by atoms with Crippen molar-refractivity contribution >= 4 is 11.5 Å². The number of carbonyl (C=O) groups is 1. The lowest BCUT2D eigenvalue weighted by Crippen LogP contribution is -2.18. The van der Waals surface area contributed by atoms with E-state index in [2.05, 4.69) is 0 Å². The molecule has 0 unspecified atom stereocenters. The number of para-hydroxylation sites is 1. The van der Waals surface area contributed by atoms with Crippen LogP contribution in [0.3, 0.4) is 0 Å². The van der Waals surface area contributed by atoms with E-state index in [0.29, 0.717) is 17.1 Å². The molecule has 1 aliphatic rings. The summed E-state index contributed by atoms with van der Waals surface area (Å²) in [5.74, 6) is 0.00724. The zero-order chi connectivity index (χ0) is 19.8. The van der Waals surface area contributed by atoms with Gasteiger partial charge in [0.1, 0.15) is 23.1 Å². The molecule has 4 rings (SSSR count). The second kappa shape index (κ2) is 6.97. The van der Waals surface area contributed by atoms with Crippen LogP contribution < -0.4 is 4.74 Å². The number of fused-ring (bicyclic) bond motifs is 2. The first-order chi connectivity index (χ1) is 13.5. The van der Waals surface area contributed by atoms with E-state index in [4.69, 9.17) is 4.74 Å². The van der Waals surface area contributed by atoms with Crippen LogP contribution in [-0.4, -0.2) is 10.9 Å². The van der Waals surface area contributed by atoms with Crippen molar-refractivity contribution in [2.75, 3.05) is 0 Å². The molecule has 0 radical (unpaired) electrons. The second-order valence-electron chi connectivity index (χ2n) is 6.94. The number of carbonyl (C=O) groups excluding carboxylic acids is 1. The SMILES string of the molecule is CC(=O)/C(=C(\O)c1ccc(F)cc1)[C@H]1c2ccccc2Oc2ccc(C)cc21. The molecule has 28 heavy (non-hydrogen) atoms. The van der Waals surface area contributed by atoms with Crippen molar-refractivity contribution in [3.8, 4) is 11.5 Å². The minimum atomic E-state index is -0.484. The van der Waals surface area contributed by atoms with Gasteiger partial charge in [0.05, 0.1) is 0 Å². The van der Waals surface area contributed by atoms with Crippen LogP contribution in [-0.2, 0) is 4.79 Å². The molecular formula is C24H19FO3. The van der Waals surface area contributed by atoms with Gasteiger partial charge in [-0.1, -0.05) is 35.9 Å². The van der Waals surface area contributed by atoms with E-state index < -0.39 is 11.7 Å². The first-order valence-electron chi connectivity index (χ1n) is 9.03. The topological polar surface area (TPSA) is 46.5 Å². The number of allylic oxidation sites excluding steroid dienone is 1. The predicted octanol–water partition coefficient (Wildman–Crippen LogP) is 5.93. The quantitative estimate of drug-likeness (QED) is 0.456. The number of halogens is 1. The summed E-state index contributed by atoms with van der Waals surface area (Å²) >= 11 is 0. The van der Waals surface area contributed by atoms with E-state index in [1.54, 1.807) is 0 Å². The van der Waals surface area contributed by atoms with Crippen molar-refractivity contribution in [1.82, 2.24) is 0 Å². The standard InChI is InChI=1S/C24H19FO3/c1-14-7-12-21-19(13-14)23(18-5-3-4-6-20(18)28-21)22(15(2)26)24(27)16-8-10-17(25)11-9-16/h3-13,23,27H,1-2H3/b24-22+/t23-/m0/s1. The average Bonchev–Trinajstić information content (AvgIpc) is 2.68. The van der Waals surface area contributed by atoms with E-state index in [0.717, 1.165) is 16.7 Å². The number of aryl methyl sites for hydroxylation is 1. The highest BCUT2D eigenvalue weighted by Crippen LogP contribution is 2.48. The summed E-state index contributed by atoms with van der Waals surface area (Å²) in [5.41, 5.74) is 3.30. The molecule has 1 aliphatic heterocycles. The van der Waals surface area contributed by atoms with Crippen molar-refractivity contribution in [3.63, 3.8) is 0 Å².